The first-order valence-corrected chi connectivity index (χ1v) is 7.28. The SMILES string of the molecule is CCCCc1ccc(CC(=O)NCCC(O)C(=O)O)cc1. The fourth-order valence-corrected chi connectivity index (χ4v) is 1.92. The molecule has 0 aliphatic carbocycles. The Hall–Kier alpha value is -1.88. The van der Waals surface area contributed by atoms with Crippen LogP contribution >= 0.6 is 0 Å². The van der Waals surface area contributed by atoms with E-state index >= 15 is 0 Å². The second-order valence-electron chi connectivity index (χ2n) is 5.09. The van der Waals surface area contributed by atoms with Gasteiger partial charge >= 0.3 is 5.97 Å². The number of carbonyl (C=O) groups excluding carboxylic acids is 1. The Morgan fingerprint density at radius 3 is 2.38 bits per heavy atom. The van der Waals surface area contributed by atoms with E-state index in [9.17, 15) is 9.59 Å². The zero-order chi connectivity index (χ0) is 15.7. The summed E-state index contributed by atoms with van der Waals surface area (Å²) in [7, 11) is 0. The molecule has 0 spiro atoms. The summed E-state index contributed by atoms with van der Waals surface area (Å²) in [6, 6.07) is 7.95. The Balaban J connectivity index is 2.32. The molecular formula is C16H23NO4. The highest BCUT2D eigenvalue weighted by Crippen LogP contribution is 2.08. The van der Waals surface area contributed by atoms with E-state index in [1.807, 2.05) is 24.3 Å². The number of benzene rings is 1. The molecule has 0 aromatic heterocycles. The van der Waals surface area contributed by atoms with Crippen molar-refractivity contribution in [3.63, 3.8) is 0 Å². The lowest BCUT2D eigenvalue weighted by Crippen LogP contribution is -2.30. The Bertz CT molecular complexity index is 456. The van der Waals surface area contributed by atoms with Gasteiger partial charge in [-0.05, 0) is 24.0 Å². The van der Waals surface area contributed by atoms with Crippen molar-refractivity contribution < 1.29 is 19.8 Å². The predicted molar refractivity (Wildman–Crippen MR) is 80.0 cm³/mol. The summed E-state index contributed by atoms with van der Waals surface area (Å²) >= 11 is 0. The zero-order valence-corrected chi connectivity index (χ0v) is 12.3. The standard InChI is InChI=1S/C16H23NO4/c1-2-3-4-12-5-7-13(8-6-12)11-15(19)17-10-9-14(18)16(20)21/h5-8,14,18H,2-4,9-11H2,1H3,(H,17,19)(H,20,21). The number of aliphatic hydroxyl groups excluding tert-OH is 1. The van der Waals surface area contributed by atoms with Crippen molar-refractivity contribution in [3.05, 3.63) is 35.4 Å². The molecule has 0 radical (unpaired) electrons. The quantitative estimate of drug-likeness (QED) is 0.644. The number of aliphatic carboxylic acids is 1. The molecule has 116 valence electrons. The maximum Gasteiger partial charge on any atom is 0.332 e. The summed E-state index contributed by atoms with van der Waals surface area (Å²) in [5.41, 5.74) is 2.19. The second-order valence-corrected chi connectivity index (χ2v) is 5.09. The highest BCUT2D eigenvalue weighted by atomic mass is 16.4. The molecular weight excluding hydrogens is 270 g/mol. The topological polar surface area (TPSA) is 86.6 Å². The minimum Gasteiger partial charge on any atom is -0.479 e. The van der Waals surface area contributed by atoms with Crippen molar-refractivity contribution in [3.8, 4) is 0 Å². The third-order valence-corrected chi connectivity index (χ3v) is 3.23. The number of aliphatic hydroxyl groups is 1. The van der Waals surface area contributed by atoms with Crippen molar-refractivity contribution >= 4 is 11.9 Å². The van der Waals surface area contributed by atoms with Crippen LogP contribution in [0.3, 0.4) is 0 Å². The Kier molecular flexibility index (Phi) is 7.46. The van der Waals surface area contributed by atoms with Crippen LogP contribution in [0.4, 0.5) is 0 Å². The van der Waals surface area contributed by atoms with E-state index in [1.165, 1.54) is 5.56 Å². The van der Waals surface area contributed by atoms with E-state index in [0.29, 0.717) is 0 Å². The van der Waals surface area contributed by atoms with Gasteiger partial charge in [-0.2, -0.15) is 0 Å². The summed E-state index contributed by atoms with van der Waals surface area (Å²) in [6.07, 6.45) is 2.21. The van der Waals surface area contributed by atoms with Gasteiger partial charge in [0.05, 0.1) is 6.42 Å². The first kappa shape index (κ1) is 17.2. The minimum atomic E-state index is -1.43. The summed E-state index contributed by atoms with van der Waals surface area (Å²) in [6.45, 7) is 2.31. The van der Waals surface area contributed by atoms with Crippen molar-refractivity contribution in [1.82, 2.24) is 5.32 Å². The lowest BCUT2D eigenvalue weighted by atomic mass is 10.0. The molecule has 3 N–H and O–H groups in total. The van der Waals surface area contributed by atoms with Gasteiger partial charge in [0.15, 0.2) is 6.10 Å². The predicted octanol–water partition coefficient (Wildman–Crippen LogP) is 1.52. The summed E-state index contributed by atoms with van der Waals surface area (Å²) in [5, 5.41) is 20.2. The fraction of sp³-hybridized carbons (Fsp3) is 0.500. The monoisotopic (exact) mass is 293 g/mol. The van der Waals surface area contributed by atoms with Crippen molar-refractivity contribution in [2.45, 2.75) is 45.1 Å². The average molecular weight is 293 g/mol. The van der Waals surface area contributed by atoms with E-state index in [-0.39, 0.29) is 25.3 Å². The molecule has 1 rings (SSSR count). The molecule has 5 nitrogen and oxygen atoms in total. The van der Waals surface area contributed by atoms with Crippen LogP contribution in [0, 0.1) is 0 Å². The Morgan fingerprint density at radius 2 is 1.81 bits per heavy atom. The molecule has 1 amide bonds. The number of carbonyl (C=O) groups is 2. The normalized spacial score (nSPS) is 11.9. The number of rotatable bonds is 9. The molecule has 0 saturated heterocycles. The number of carboxylic acids is 1. The lowest BCUT2D eigenvalue weighted by Gasteiger charge is -2.08. The summed E-state index contributed by atoms with van der Waals surface area (Å²) < 4.78 is 0. The molecule has 0 saturated carbocycles. The number of nitrogens with one attached hydrogen (secondary N) is 1. The van der Waals surface area contributed by atoms with Crippen LogP contribution in [0.2, 0.25) is 0 Å². The number of aryl methyl sites for hydroxylation is 1. The number of carboxylic acid groups (broad SMARTS) is 1. The maximum atomic E-state index is 11.7. The minimum absolute atomic E-state index is 0.0109. The first-order valence-electron chi connectivity index (χ1n) is 7.28. The molecule has 21 heavy (non-hydrogen) atoms. The van der Waals surface area contributed by atoms with Crippen LogP contribution in [-0.4, -0.2) is 34.7 Å². The Morgan fingerprint density at radius 1 is 1.19 bits per heavy atom. The van der Waals surface area contributed by atoms with Gasteiger partial charge < -0.3 is 15.5 Å². The van der Waals surface area contributed by atoms with E-state index < -0.39 is 12.1 Å². The smallest absolute Gasteiger partial charge is 0.332 e. The molecule has 5 heteroatoms. The van der Waals surface area contributed by atoms with E-state index in [4.69, 9.17) is 10.2 Å². The fourth-order valence-electron chi connectivity index (χ4n) is 1.92. The van der Waals surface area contributed by atoms with Gasteiger partial charge in [0, 0.05) is 13.0 Å². The van der Waals surface area contributed by atoms with Crippen molar-refractivity contribution in [2.24, 2.45) is 0 Å². The second kappa shape index (κ2) is 9.13. The molecule has 0 fully saturated rings. The van der Waals surface area contributed by atoms with E-state index in [0.717, 1.165) is 24.8 Å². The summed E-state index contributed by atoms with van der Waals surface area (Å²) in [5.74, 6) is -1.44. The van der Waals surface area contributed by atoms with Crippen LogP contribution < -0.4 is 5.32 Å². The molecule has 1 aromatic carbocycles. The van der Waals surface area contributed by atoms with Crippen LogP contribution in [0.25, 0.3) is 0 Å². The molecule has 1 atom stereocenters. The van der Waals surface area contributed by atoms with Gasteiger partial charge in [-0.3, -0.25) is 4.79 Å². The van der Waals surface area contributed by atoms with E-state index in [2.05, 4.69) is 12.2 Å². The largest absolute Gasteiger partial charge is 0.479 e. The van der Waals surface area contributed by atoms with Crippen LogP contribution in [0.1, 0.15) is 37.3 Å². The van der Waals surface area contributed by atoms with Gasteiger partial charge in [-0.25, -0.2) is 4.79 Å². The molecule has 0 aliphatic rings. The number of amides is 1. The van der Waals surface area contributed by atoms with Gasteiger partial charge in [0.2, 0.25) is 5.91 Å². The first-order chi connectivity index (χ1) is 10.0. The highest BCUT2D eigenvalue weighted by molar-refractivity contribution is 5.78. The van der Waals surface area contributed by atoms with Crippen molar-refractivity contribution in [1.29, 1.82) is 0 Å². The number of unbranched alkanes of at least 4 members (excludes halogenated alkanes) is 1. The van der Waals surface area contributed by atoms with Crippen LogP contribution in [-0.2, 0) is 22.4 Å². The third-order valence-electron chi connectivity index (χ3n) is 3.23. The maximum absolute atomic E-state index is 11.7. The molecule has 1 unspecified atom stereocenters. The van der Waals surface area contributed by atoms with Crippen LogP contribution in [0.15, 0.2) is 24.3 Å². The van der Waals surface area contributed by atoms with E-state index in [1.54, 1.807) is 0 Å². The van der Waals surface area contributed by atoms with Crippen LogP contribution in [0.5, 0.6) is 0 Å². The Labute approximate surface area is 125 Å². The van der Waals surface area contributed by atoms with Gasteiger partial charge in [-0.1, -0.05) is 37.6 Å². The zero-order valence-electron chi connectivity index (χ0n) is 12.3. The lowest BCUT2D eigenvalue weighted by molar-refractivity contribution is -0.147. The average Bonchev–Trinajstić information content (AvgIpc) is 2.46. The third kappa shape index (κ3) is 6.90. The van der Waals surface area contributed by atoms with Crippen molar-refractivity contribution in [2.75, 3.05) is 6.54 Å². The molecule has 0 aliphatic heterocycles. The van der Waals surface area contributed by atoms with Gasteiger partial charge in [0.1, 0.15) is 0 Å². The van der Waals surface area contributed by atoms with Gasteiger partial charge in [-0.15, -0.1) is 0 Å². The number of hydrogen-bond acceptors (Lipinski definition) is 3. The summed E-state index contributed by atoms with van der Waals surface area (Å²) in [4.78, 5) is 22.1. The van der Waals surface area contributed by atoms with Gasteiger partial charge in [0.25, 0.3) is 0 Å². The number of hydrogen-bond donors (Lipinski definition) is 3. The molecule has 0 heterocycles. The highest BCUT2D eigenvalue weighted by Gasteiger charge is 2.12. The molecule has 1 aromatic rings. The molecule has 0 bridgehead atoms.